The normalized spacial score (nSPS) is 16.7. The summed E-state index contributed by atoms with van der Waals surface area (Å²) in [6, 6.07) is 21.6. The Labute approximate surface area is 229 Å². The molecule has 5 rings (SSSR count). The number of carbonyl (C=O) groups excluding carboxylic acids is 1. The number of anilines is 1. The fourth-order valence-electron chi connectivity index (χ4n) is 5.61. The van der Waals surface area contributed by atoms with E-state index in [2.05, 4.69) is 34.7 Å². The third-order valence-corrected chi connectivity index (χ3v) is 7.84. The van der Waals surface area contributed by atoms with E-state index in [0.717, 1.165) is 52.0 Å². The molecule has 0 bridgehead atoms. The molecule has 2 unspecified atom stereocenters. The Morgan fingerprint density at radius 3 is 2.71 bits per heavy atom. The van der Waals surface area contributed by atoms with Crippen LogP contribution in [0.5, 0.6) is 5.75 Å². The van der Waals surface area contributed by atoms with Crippen LogP contribution in [0.15, 0.2) is 72.9 Å². The first kappa shape index (κ1) is 26.3. The van der Waals surface area contributed by atoms with Crippen LogP contribution in [0.1, 0.15) is 29.5 Å². The van der Waals surface area contributed by atoms with Crippen molar-refractivity contribution < 1.29 is 9.53 Å². The number of methoxy groups -OCH3 is 1. The summed E-state index contributed by atoms with van der Waals surface area (Å²) in [6.45, 7) is 4.19. The van der Waals surface area contributed by atoms with Crippen LogP contribution in [0.4, 0.5) is 5.69 Å². The summed E-state index contributed by atoms with van der Waals surface area (Å²) in [5.41, 5.74) is 5.36. The highest BCUT2D eigenvalue weighted by atomic mass is 35.5. The predicted octanol–water partition coefficient (Wildman–Crippen LogP) is 5.52. The molecule has 1 aliphatic heterocycles. The van der Waals surface area contributed by atoms with E-state index in [0.29, 0.717) is 24.0 Å². The molecule has 198 valence electrons. The fraction of sp³-hybridized carbons (Fsp3) is 0.323. The Morgan fingerprint density at radius 2 is 1.95 bits per heavy atom. The summed E-state index contributed by atoms with van der Waals surface area (Å²) in [4.78, 5) is 19.8. The first-order valence-electron chi connectivity index (χ1n) is 13.1. The Kier molecular flexibility index (Phi) is 8.03. The van der Waals surface area contributed by atoms with Crippen LogP contribution in [0.3, 0.4) is 0 Å². The molecule has 0 radical (unpaired) electrons. The lowest BCUT2D eigenvalue weighted by Gasteiger charge is -2.38. The quantitative estimate of drug-likeness (QED) is 0.267. The zero-order chi connectivity index (χ0) is 26.6. The molecule has 0 aliphatic carbocycles. The molecule has 7 heteroatoms. The second kappa shape index (κ2) is 11.6. The molecule has 0 saturated carbocycles. The van der Waals surface area contributed by atoms with Crippen molar-refractivity contribution in [2.45, 2.75) is 31.8 Å². The molecule has 3 aromatic carbocycles. The number of fused-ring (bicyclic) bond motifs is 2. The number of hydrogen-bond donors (Lipinski definition) is 3. The minimum absolute atomic E-state index is 0.0701. The molecule has 1 aliphatic rings. The van der Waals surface area contributed by atoms with E-state index in [1.54, 1.807) is 7.11 Å². The van der Waals surface area contributed by atoms with Gasteiger partial charge < -0.3 is 25.3 Å². The molecule has 0 spiro atoms. The average molecular weight is 531 g/mol. The molecule has 3 N–H and O–H groups in total. The molecular weight excluding hydrogens is 496 g/mol. The van der Waals surface area contributed by atoms with E-state index in [1.165, 1.54) is 0 Å². The zero-order valence-electron chi connectivity index (χ0n) is 22.1. The average Bonchev–Trinajstić information content (AvgIpc) is 3.37. The topological polar surface area (TPSA) is 69.4 Å². The Bertz CT molecular complexity index is 1400. The second-order valence-corrected chi connectivity index (χ2v) is 10.6. The maximum absolute atomic E-state index is 14.5. The van der Waals surface area contributed by atoms with Gasteiger partial charge in [0.05, 0.1) is 13.2 Å². The number of halogens is 1. The molecule has 1 aromatic heterocycles. The van der Waals surface area contributed by atoms with Gasteiger partial charge in [-0.2, -0.15) is 0 Å². The van der Waals surface area contributed by atoms with Crippen molar-refractivity contribution in [2.75, 3.05) is 32.1 Å². The summed E-state index contributed by atoms with van der Waals surface area (Å²) >= 11 is 6.36. The third-order valence-electron chi connectivity index (χ3n) is 7.60. The van der Waals surface area contributed by atoms with Crippen molar-refractivity contribution >= 4 is 34.1 Å². The van der Waals surface area contributed by atoms with Gasteiger partial charge in [-0.05, 0) is 79.0 Å². The van der Waals surface area contributed by atoms with E-state index in [4.69, 9.17) is 16.3 Å². The molecule has 38 heavy (non-hydrogen) atoms. The summed E-state index contributed by atoms with van der Waals surface area (Å²) in [5, 5.41) is 8.76. The number of benzene rings is 3. The maximum Gasteiger partial charge on any atom is 0.244 e. The largest absolute Gasteiger partial charge is 0.497 e. The minimum atomic E-state index is -0.437. The van der Waals surface area contributed by atoms with Gasteiger partial charge in [-0.15, -0.1) is 0 Å². The molecule has 6 nitrogen and oxygen atoms in total. The van der Waals surface area contributed by atoms with E-state index in [1.807, 2.05) is 72.7 Å². The number of hydrogen-bond acceptors (Lipinski definition) is 4. The van der Waals surface area contributed by atoms with Crippen molar-refractivity contribution in [1.29, 1.82) is 0 Å². The van der Waals surface area contributed by atoms with Gasteiger partial charge in [0, 0.05) is 46.8 Å². The predicted molar refractivity (Wildman–Crippen MR) is 155 cm³/mol. The van der Waals surface area contributed by atoms with E-state index in [-0.39, 0.29) is 11.8 Å². The lowest BCUT2D eigenvalue weighted by molar-refractivity contribution is -0.121. The number of aromatic amines is 1. The van der Waals surface area contributed by atoms with Gasteiger partial charge in [0.2, 0.25) is 5.91 Å². The van der Waals surface area contributed by atoms with Gasteiger partial charge in [-0.1, -0.05) is 48.9 Å². The van der Waals surface area contributed by atoms with E-state index >= 15 is 0 Å². The standard InChI is InChI=1S/C31H35ClN4O2/c1-20(27-18-34-28-7-5-4-6-26(27)28)30(35-17-21-8-11-25(38-3)12-9-21)31(37)36-19-22(16-33-2)14-23-15-24(32)10-13-29(23)36/h4-13,15,18,20,22,30,33-35H,14,16-17,19H2,1-3H3/t20?,22-,30?/m1/s1. The van der Waals surface area contributed by atoms with Crippen molar-refractivity contribution in [3.8, 4) is 5.75 Å². The van der Waals surface area contributed by atoms with Crippen molar-refractivity contribution in [1.82, 2.24) is 15.6 Å². The Hall–Kier alpha value is -3.32. The highest BCUT2D eigenvalue weighted by Gasteiger charge is 2.36. The molecule has 0 fully saturated rings. The summed E-state index contributed by atoms with van der Waals surface area (Å²) in [7, 11) is 3.62. The molecule has 0 saturated heterocycles. The Morgan fingerprint density at radius 1 is 1.16 bits per heavy atom. The van der Waals surface area contributed by atoms with Crippen LogP contribution in [-0.4, -0.2) is 44.2 Å². The third kappa shape index (κ3) is 5.44. The van der Waals surface area contributed by atoms with E-state index in [9.17, 15) is 4.79 Å². The van der Waals surface area contributed by atoms with Gasteiger partial charge in [0.25, 0.3) is 0 Å². The number of nitrogens with one attached hydrogen (secondary N) is 3. The highest BCUT2D eigenvalue weighted by Crippen LogP contribution is 2.35. The number of H-pyrrole nitrogens is 1. The molecule has 4 aromatic rings. The van der Waals surface area contributed by atoms with Gasteiger partial charge in [0.15, 0.2) is 0 Å². The first-order chi connectivity index (χ1) is 18.5. The van der Waals surface area contributed by atoms with Crippen LogP contribution in [0.25, 0.3) is 10.9 Å². The first-order valence-corrected chi connectivity index (χ1v) is 13.5. The van der Waals surface area contributed by atoms with Crippen molar-refractivity contribution in [3.63, 3.8) is 0 Å². The van der Waals surface area contributed by atoms with Crippen LogP contribution < -0.4 is 20.3 Å². The van der Waals surface area contributed by atoms with Crippen LogP contribution in [0.2, 0.25) is 5.02 Å². The number of carbonyl (C=O) groups is 1. The summed E-state index contributed by atoms with van der Waals surface area (Å²) in [5.74, 6) is 1.12. The molecule has 1 amide bonds. The number of rotatable bonds is 9. The van der Waals surface area contributed by atoms with Gasteiger partial charge in [-0.3, -0.25) is 4.79 Å². The van der Waals surface area contributed by atoms with Crippen LogP contribution in [0, 0.1) is 5.92 Å². The SMILES string of the molecule is CNC[C@H]1Cc2cc(Cl)ccc2N(C(=O)C(NCc2ccc(OC)cc2)C(C)c2c[nH]c3ccccc23)C1. The molecule has 3 atom stereocenters. The number of aromatic nitrogens is 1. The lowest BCUT2D eigenvalue weighted by Crippen LogP contribution is -2.52. The van der Waals surface area contributed by atoms with E-state index < -0.39 is 6.04 Å². The summed E-state index contributed by atoms with van der Waals surface area (Å²) in [6.07, 6.45) is 2.93. The second-order valence-electron chi connectivity index (χ2n) is 10.1. The Balaban J connectivity index is 1.49. The van der Waals surface area contributed by atoms with Crippen molar-refractivity contribution in [2.24, 2.45) is 5.92 Å². The zero-order valence-corrected chi connectivity index (χ0v) is 22.9. The number of nitrogens with zero attached hydrogens (tertiary/aromatic N) is 1. The van der Waals surface area contributed by atoms with Crippen LogP contribution in [-0.2, 0) is 17.8 Å². The van der Waals surface area contributed by atoms with Gasteiger partial charge in [-0.25, -0.2) is 0 Å². The number of ether oxygens (including phenoxy) is 1. The molecule has 2 heterocycles. The fourth-order valence-corrected chi connectivity index (χ4v) is 5.81. The van der Waals surface area contributed by atoms with Gasteiger partial charge >= 0.3 is 0 Å². The molecular formula is C31H35ClN4O2. The summed E-state index contributed by atoms with van der Waals surface area (Å²) < 4.78 is 5.31. The maximum atomic E-state index is 14.5. The highest BCUT2D eigenvalue weighted by molar-refractivity contribution is 6.30. The minimum Gasteiger partial charge on any atom is -0.497 e. The number of para-hydroxylation sites is 1. The number of amides is 1. The monoisotopic (exact) mass is 530 g/mol. The van der Waals surface area contributed by atoms with Crippen molar-refractivity contribution in [3.05, 3.63) is 94.6 Å². The lowest BCUT2D eigenvalue weighted by atomic mass is 9.88. The smallest absolute Gasteiger partial charge is 0.244 e. The van der Waals surface area contributed by atoms with Gasteiger partial charge in [0.1, 0.15) is 5.75 Å². The van der Waals surface area contributed by atoms with Crippen LogP contribution >= 0.6 is 11.6 Å².